The van der Waals surface area contributed by atoms with Crippen LogP contribution in [0.1, 0.15) is 17.5 Å². The van der Waals surface area contributed by atoms with E-state index in [0.29, 0.717) is 6.04 Å². The maximum atomic E-state index is 6.16. The van der Waals surface area contributed by atoms with Crippen molar-refractivity contribution in [2.75, 3.05) is 27.4 Å². The number of hydrogen-bond donors (Lipinski definition) is 1. The average Bonchev–Trinajstić information content (AvgIpc) is 2.82. The van der Waals surface area contributed by atoms with Gasteiger partial charge in [0.1, 0.15) is 5.75 Å². The van der Waals surface area contributed by atoms with Crippen LogP contribution in [0.4, 0.5) is 0 Å². The third kappa shape index (κ3) is 3.16. The quantitative estimate of drug-likeness (QED) is 0.861. The second kappa shape index (κ2) is 6.41. The molecule has 18 heavy (non-hydrogen) atoms. The lowest BCUT2D eigenvalue weighted by molar-refractivity contribution is 0.183. The number of ether oxygens (including phenoxy) is 2. The molecule has 1 aliphatic rings. The fourth-order valence-electron chi connectivity index (χ4n) is 2.37. The summed E-state index contributed by atoms with van der Waals surface area (Å²) in [5.74, 6) is 1.04. The largest absolute Gasteiger partial charge is 0.493 e. The van der Waals surface area contributed by atoms with Crippen LogP contribution in [0.5, 0.6) is 5.75 Å². The number of likely N-dealkylation sites (N-methyl/N-ethyl adjacent to an activating group) is 1. The second-order valence-corrected chi connectivity index (χ2v) is 5.06. The molecule has 3 nitrogen and oxygen atoms in total. The van der Waals surface area contributed by atoms with Crippen molar-refractivity contribution in [3.05, 3.63) is 28.3 Å². The van der Waals surface area contributed by atoms with Gasteiger partial charge in [-0.25, -0.2) is 0 Å². The summed E-state index contributed by atoms with van der Waals surface area (Å²) in [6, 6.07) is 4.41. The molecule has 0 aromatic heterocycles. The molecule has 1 unspecified atom stereocenters. The van der Waals surface area contributed by atoms with Crippen LogP contribution in [0.3, 0.4) is 0 Å². The van der Waals surface area contributed by atoms with Crippen molar-refractivity contribution in [1.29, 1.82) is 0 Å². The van der Waals surface area contributed by atoms with Crippen LogP contribution in [0.25, 0.3) is 0 Å². The molecule has 1 aromatic rings. The highest BCUT2D eigenvalue weighted by Crippen LogP contribution is 2.33. The molecule has 0 bridgehead atoms. The molecule has 1 heterocycles. The molecule has 0 saturated heterocycles. The Balaban J connectivity index is 2.12. The standard InChI is InChI=1S/C14H20ClNO2/c1-16-13(4-5-17-2)9-11-8-12(15)7-10-3-6-18-14(10)11/h7-8,13,16H,3-6,9H2,1-2H3. The van der Waals surface area contributed by atoms with E-state index in [1.807, 2.05) is 19.2 Å². The lowest BCUT2D eigenvalue weighted by atomic mass is 10.00. The van der Waals surface area contributed by atoms with Crippen LogP contribution in [-0.2, 0) is 17.6 Å². The van der Waals surface area contributed by atoms with Crippen molar-refractivity contribution in [1.82, 2.24) is 5.32 Å². The molecule has 0 saturated carbocycles. The number of nitrogens with one attached hydrogen (secondary N) is 1. The first-order valence-corrected chi connectivity index (χ1v) is 6.72. The maximum absolute atomic E-state index is 6.16. The molecule has 100 valence electrons. The zero-order valence-electron chi connectivity index (χ0n) is 11.0. The first-order chi connectivity index (χ1) is 8.74. The first kappa shape index (κ1) is 13.7. The normalized spacial score (nSPS) is 15.3. The predicted molar refractivity (Wildman–Crippen MR) is 73.7 cm³/mol. The molecule has 2 rings (SSSR count). The van der Waals surface area contributed by atoms with Crippen LogP contribution < -0.4 is 10.1 Å². The van der Waals surface area contributed by atoms with E-state index in [4.69, 9.17) is 21.1 Å². The lowest BCUT2D eigenvalue weighted by Crippen LogP contribution is -2.29. The highest BCUT2D eigenvalue weighted by molar-refractivity contribution is 6.30. The van der Waals surface area contributed by atoms with Gasteiger partial charge in [0.05, 0.1) is 6.61 Å². The Bertz CT molecular complexity index is 409. The highest BCUT2D eigenvalue weighted by atomic mass is 35.5. The molecule has 0 spiro atoms. The number of rotatable bonds is 6. The van der Waals surface area contributed by atoms with Crippen LogP contribution >= 0.6 is 11.6 Å². The fraction of sp³-hybridized carbons (Fsp3) is 0.571. The Hall–Kier alpha value is -0.770. The number of fused-ring (bicyclic) bond motifs is 1. The smallest absolute Gasteiger partial charge is 0.125 e. The Morgan fingerprint density at radius 2 is 2.33 bits per heavy atom. The van der Waals surface area contributed by atoms with Gasteiger partial charge in [-0.2, -0.15) is 0 Å². The van der Waals surface area contributed by atoms with Gasteiger partial charge in [0.25, 0.3) is 0 Å². The zero-order chi connectivity index (χ0) is 13.0. The Morgan fingerprint density at radius 3 is 3.06 bits per heavy atom. The van der Waals surface area contributed by atoms with Crippen LogP contribution in [0, 0.1) is 0 Å². The number of methoxy groups -OCH3 is 1. The van der Waals surface area contributed by atoms with Crippen molar-refractivity contribution in [2.45, 2.75) is 25.3 Å². The van der Waals surface area contributed by atoms with Crippen LogP contribution in [0.2, 0.25) is 5.02 Å². The molecule has 1 N–H and O–H groups in total. The van der Waals surface area contributed by atoms with Crippen molar-refractivity contribution in [3.8, 4) is 5.75 Å². The molecular formula is C14H20ClNO2. The van der Waals surface area contributed by atoms with Gasteiger partial charge in [0, 0.05) is 31.2 Å². The SMILES string of the molecule is CNC(CCOC)Cc1cc(Cl)cc2c1OCC2. The third-order valence-electron chi connectivity index (χ3n) is 3.37. The Morgan fingerprint density at radius 1 is 1.50 bits per heavy atom. The van der Waals surface area contributed by atoms with E-state index in [-0.39, 0.29) is 0 Å². The Kier molecular flexibility index (Phi) is 4.87. The average molecular weight is 270 g/mol. The monoisotopic (exact) mass is 269 g/mol. The predicted octanol–water partition coefficient (Wildman–Crippen LogP) is 2.44. The van der Waals surface area contributed by atoms with Gasteiger partial charge in [0.2, 0.25) is 0 Å². The summed E-state index contributed by atoms with van der Waals surface area (Å²) < 4.78 is 10.8. The highest BCUT2D eigenvalue weighted by Gasteiger charge is 2.19. The molecule has 4 heteroatoms. The molecule has 1 aliphatic heterocycles. The maximum Gasteiger partial charge on any atom is 0.125 e. The number of benzene rings is 1. The minimum atomic E-state index is 0.386. The van der Waals surface area contributed by atoms with E-state index in [9.17, 15) is 0 Å². The van der Waals surface area contributed by atoms with Gasteiger partial charge < -0.3 is 14.8 Å². The molecular weight excluding hydrogens is 250 g/mol. The number of hydrogen-bond acceptors (Lipinski definition) is 3. The second-order valence-electron chi connectivity index (χ2n) is 4.62. The third-order valence-corrected chi connectivity index (χ3v) is 3.59. The summed E-state index contributed by atoms with van der Waals surface area (Å²) in [6.07, 6.45) is 2.86. The molecule has 0 amide bonds. The van der Waals surface area contributed by atoms with E-state index in [1.165, 1.54) is 11.1 Å². The van der Waals surface area contributed by atoms with Crippen molar-refractivity contribution in [3.63, 3.8) is 0 Å². The van der Waals surface area contributed by atoms with Gasteiger partial charge in [-0.1, -0.05) is 11.6 Å². The minimum absolute atomic E-state index is 0.386. The minimum Gasteiger partial charge on any atom is -0.493 e. The fourth-order valence-corrected chi connectivity index (χ4v) is 2.64. The molecule has 0 radical (unpaired) electrons. The van der Waals surface area contributed by atoms with E-state index >= 15 is 0 Å². The van der Waals surface area contributed by atoms with E-state index in [1.54, 1.807) is 7.11 Å². The zero-order valence-corrected chi connectivity index (χ0v) is 11.7. The first-order valence-electron chi connectivity index (χ1n) is 6.35. The molecule has 0 aliphatic carbocycles. The topological polar surface area (TPSA) is 30.5 Å². The van der Waals surface area contributed by atoms with E-state index < -0.39 is 0 Å². The van der Waals surface area contributed by atoms with Gasteiger partial charge in [-0.15, -0.1) is 0 Å². The summed E-state index contributed by atoms with van der Waals surface area (Å²) in [6.45, 7) is 1.53. The van der Waals surface area contributed by atoms with Gasteiger partial charge >= 0.3 is 0 Å². The summed E-state index contributed by atoms with van der Waals surface area (Å²) in [5, 5.41) is 4.12. The van der Waals surface area contributed by atoms with Crippen molar-refractivity contribution in [2.24, 2.45) is 0 Å². The summed E-state index contributed by atoms with van der Waals surface area (Å²) >= 11 is 6.16. The number of halogens is 1. The summed E-state index contributed by atoms with van der Waals surface area (Å²) in [5.41, 5.74) is 2.43. The summed E-state index contributed by atoms with van der Waals surface area (Å²) in [7, 11) is 3.71. The van der Waals surface area contributed by atoms with Gasteiger partial charge in [0.15, 0.2) is 0 Å². The molecule has 1 aromatic carbocycles. The Labute approximate surface area is 113 Å². The van der Waals surface area contributed by atoms with Crippen LogP contribution in [0.15, 0.2) is 12.1 Å². The molecule has 0 fully saturated rings. The van der Waals surface area contributed by atoms with E-state index in [0.717, 1.165) is 43.2 Å². The van der Waals surface area contributed by atoms with Gasteiger partial charge in [-0.05, 0) is 43.1 Å². The van der Waals surface area contributed by atoms with Crippen LogP contribution in [-0.4, -0.2) is 33.4 Å². The summed E-state index contributed by atoms with van der Waals surface area (Å²) in [4.78, 5) is 0. The van der Waals surface area contributed by atoms with Crippen molar-refractivity contribution >= 4 is 11.6 Å². The van der Waals surface area contributed by atoms with E-state index in [2.05, 4.69) is 5.32 Å². The van der Waals surface area contributed by atoms with Crippen molar-refractivity contribution < 1.29 is 9.47 Å². The van der Waals surface area contributed by atoms with Gasteiger partial charge in [-0.3, -0.25) is 0 Å². The lowest BCUT2D eigenvalue weighted by Gasteiger charge is -2.17. The molecule has 1 atom stereocenters.